The third kappa shape index (κ3) is 5.16. The number of anilines is 1. The van der Waals surface area contributed by atoms with Crippen molar-refractivity contribution in [3.63, 3.8) is 0 Å². The van der Waals surface area contributed by atoms with Crippen LogP contribution in [0.3, 0.4) is 0 Å². The Morgan fingerprint density at radius 3 is 2.46 bits per heavy atom. The number of carboxylic acid groups (broad SMARTS) is 1. The zero-order valence-electron chi connectivity index (χ0n) is 15.5. The predicted molar refractivity (Wildman–Crippen MR) is 104 cm³/mol. The minimum Gasteiger partial charge on any atom is -0.477 e. The lowest BCUT2D eigenvalue weighted by molar-refractivity contribution is -0.120. The highest BCUT2D eigenvalue weighted by Gasteiger charge is 2.21. The van der Waals surface area contributed by atoms with E-state index >= 15 is 0 Å². The van der Waals surface area contributed by atoms with Crippen molar-refractivity contribution in [2.45, 2.75) is 38.6 Å². The molecule has 0 unspecified atom stereocenters. The van der Waals surface area contributed by atoms with Gasteiger partial charge in [-0.3, -0.25) is 9.59 Å². The number of nitrogens with one attached hydrogen (secondary N) is 2. The number of benzene rings is 1. The summed E-state index contributed by atoms with van der Waals surface area (Å²) < 4.78 is 0. The fraction of sp³-hybridized carbons (Fsp3) is 0.333. The molecular formula is C21H23N3O4. The summed E-state index contributed by atoms with van der Waals surface area (Å²) in [6.45, 7) is 0.241. The first-order valence-electron chi connectivity index (χ1n) is 9.41. The fourth-order valence-corrected chi connectivity index (χ4v) is 3.32. The van der Waals surface area contributed by atoms with Crippen LogP contribution in [0.5, 0.6) is 0 Å². The zero-order valence-corrected chi connectivity index (χ0v) is 15.5. The maximum Gasteiger partial charge on any atom is 0.354 e. The summed E-state index contributed by atoms with van der Waals surface area (Å²) >= 11 is 0. The third-order valence-corrected chi connectivity index (χ3v) is 4.82. The molecule has 0 radical (unpaired) electrons. The van der Waals surface area contributed by atoms with Gasteiger partial charge in [-0.05, 0) is 42.7 Å². The summed E-state index contributed by atoms with van der Waals surface area (Å²) in [5.74, 6) is -1.52. The molecule has 0 aliphatic heterocycles. The summed E-state index contributed by atoms with van der Waals surface area (Å²) in [6.07, 6.45) is 5.26. The van der Waals surface area contributed by atoms with Crippen LogP contribution in [-0.2, 0) is 11.3 Å². The molecule has 0 atom stereocenters. The van der Waals surface area contributed by atoms with E-state index in [1.54, 1.807) is 0 Å². The van der Waals surface area contributed by atoms with Gasteiger partial charge in [-0.2, -0.15) is 0 Å². The average molecular weight is 381 g/mol. The van der Waals surface area contributed by atoms with Crippen LogP contribution in [0.25, 0.3) is 0 Å². The molecule has 7 nitrogen and oxygen atoms in total. The maximum atomic E-state index is 12.4. The molecule has 3 N–H and O–H groups in total. The van der Waals surface area contributed by atoms with Gasteiger partial charge >= 0.3 is 5.97 Å². The number of carboxylic acids is 1. The number of rotatable bonds is 6. The first-order chi connectivity index (χ1) is 13.5. The number of nitrogens with zero attached hydrogens (tertiary/aromatic N) is 1. The van der Waals surface area contributed by atoms with Crippen LogP contribution in [0.2, 0.25) is 0 Å². The summed E-state index contributed by atoms with van der Waals surface area (Å²) in [6, 6.07) is 11.6. The smallest absolute Gasteiger partial charge is 0.354 e. The lowest BCUT2D eigenvalue weighted by Crippen LogP contribution is -2.25. The molecule has 28 heavy (non-hydrogen) atoms. The first kappa shape index (κ1) is 19.5. The Kier molecular flexibility index (Phi) is 6.37. The van der Waals surface area contributed by atoms with Crippen LogP contribution in [0, 0.1) is 5.92 Å². The van der Waals surface area contributed by atoms with E-state index in [1.165, 1.54) is 24.6 Å². The number of aromatic nitrogens is 1. The van der Waals surface area contributed by atoms with Crippen molar-refractivity contribution < 1.29 is 19.5 Å². The van der Waals surface area contributed by atoms with Gasteiger partial charge in [0.1, 0.15) is 11.4 Å². The van der Waals surface area contributed by atoms with E-state index in [0.717, 1.165) is 31.2 Å². The van der Waals surface area contributed by atoms with Crippen LogP contribution in [-0.4, -0.2) is 27.9 Å². The first-order valence-corrected chi connectivity index (χ1v) is 9.41. The highest BCUT2D eigenvalue weighted by Crippen LogP contribution is 2.25. The van der Waals surface area contributed by atoms with Gasteiger partial charge in [0, 0.05) is 18.2 Å². The number of carbonyl (C=O) groups is 3. The van der Waals surface area contributed by atoms with Gasteiger partial charge in [0.05, 0.1) is 0 Å². The molecule has 1 aromatic heterocycles. The van der Waals surface area contributed by atoms with Gasteiger partial charge in [-0.15, -0.1) is 0 Å². The second-order valence-electron chi connectivity index (χ2n) is 6.92. The Hall–Kier alpha value is -3.22. The second-order valence-corrected chi connectivity index (χ2v) is 6.92. The summed E-state index contributed by atoms with van der Waals surface area (Å²) in [4.78, 5) is 39.4. The normalized spacial score (nSPS) is 14.3. The molecule has 1 fully saturated rings. The molecule has 1 aliphatic carbocycles. The van der Waals surface area contributed by atoms with Crippen LogP contribution < -0.4 is 10.6 Å². The van der Waals surface area contributed by atoms with E-state index < -0.39 is 11.9 Å². The number of hydrogen-bond acceptors (Lipinski definition) is 4. The Labute approximate surface area is 163 Å². The Morgan fingerprint density at radius 1 is 1.00 bits per heavy atom. The molecule has 1 saturated carbocycles. The molecule has 1 heterocycles. The van der Waals surface area contributed by atoms with Crippen molar-refractivity contribution in [3.8, 4) is 0 Å². The maximum absolute atomic E-state index is 12.4. The lowest BCUT2D eigenvalue weighted by Gasteiger charge is -2.20. The highest BCUT2D eigenvalue weighted by molar-refractivity contribution is 5.94. The van der Waals surface area contributed by atoms with Crippen molar-refractivity contribution in [1.29, 1.82) is 0 Å². The van der Waals surface area contributed by atoms with E-state index in [-0.39, 0.29) is 29.8 Å². The topological polar surface area (TPSA) is 108 Å². The average Bonchev–Trinajstić information content (AvgIpc) is 2.73. The molecule has 7 heteroatoms. The molecule has 2 aromatic rings. The van der Waals surface area contributed by atoms with Crippen molar-refractivity contribution >= 4 is 23.5 Å². The van der Waals surface area contributed by atoms with Crippen LogP contribution in [0.4, 0.5) is 5.69 Å². The van der Waals surface area contributed by atoms with Gasteiger partial charge in [-0.1, -0.05) is 37.5 Å². The largest absolute Gasteiger partial charge is 0.477 e. The minimum absolute atomic E-state index is 0.0432. The Bertz CT molecular complexity index is 875. The number of pyridine rings is 1. The van der Waals surface area contributed by atoms with Crippen molar-refractivity contribution in [3.05, 3.63) is 59.4 Å². The minimum atomic E-state index is -1.18. The quantitative estimate of drug-likeness (QED) is 0.712. The molecular weight excluding hydrogens is 358 g/mol. The molecule has 0 saturated heterocycles. The monoisotopic (exact) mass is 381 g/mol. The van der Waals surface area contributed by atoms with Crippen LogP contribution in [0.15, 0.2) is 42.5 Å². The highest BCUT2D eigenvalue weighted by atomic mass is 16.4. The van der Waals surface area contributed by atoms with Gasteiger partial charge in [-0.25, -0.2) is 9.78 Å². The molecule has 1 aliphatic rings. The number of carbonyl (C=O) groups excluding carboxylic acids is 2. The third-order valence-electron chi connectivity index (χ3n) is 4.82. The zero-order chi connectivity index (χ0) is 19.9. The van der Waals surface area contributed by atoms with E-state index in [2.05, 4.69) is 15.6 Å². The molecule has 0 spiro atoms. The van der Waals surface area contributed by atoms with Gasteiger partial charge in [0.2, 0.25) is 5.91 Å². The number of aromatic carboxylic acids is 1. The predicted octanol–water partition coefficient (Wildman–Crippen LogP) is 3.23. The summed E-state index contributed by atoms with van der Waals surface area (Å²) in [5, 5.41) is 14.6. The SMILES string of the molecule is O=C(O)c1cccc(C(=O)NCc2cccc(NC(=O)C3CCCCC3)c2)n1. The Balaban J connectivity index is 1.58. The van der Waals surface area contributed by atoms with E-state index in [0.29, 0.717) is 5.69 Å². The Morgan fingerprint density at radius 2 is 1.71 bits per heavy atom. The standard InChI is InChI=1S/C21H23N3O4/c25-19(15-7-2-1-3-8-15)23-16-9-4-6-14(12-16)13-22-20(26)17-10-5-11-18(24-17)21(27)28/h4-6,9-12,15H,1-3,7-8,13H2,(H,22,26)(H,23,25)(H,27,28). The lowest BCUT2D eigenvalue weighted by atomic mass is 9.88. The van der Waals surface area contributed by atoms with Crippen LogP contribution >= 0.6 is 0 Å². The van der Waals surface area contributed by atoms with E-state index in [1.807, 2.05) is 24.3 Å². The number of amides is 2. The van der Waals surface area contributed by atoms with E-state index in [4.69, 9.17) is 5.11 Å². The van der Waals surface area contributed by atoms with Crippen molar-refractivity contribution in [1.82, 2.24) is 10.3 Å². The van der Waals surface area contributed by atoms with Crippen LogP contribution in [0.1, 0.15) is 58.6 Å². The van der Waals surface area contributed by atoms with Crippen molar-refractivity contribution in [2.24, 2.45) is 5.92 Å². The fourth-order valence-electron chi connectivity index (χ4n) is 3.32. The second kappa shape index (κ2) is 9.12. The summed E-state index contributed by atoms with van der Waals surface area (Å²) in [5.41, 5.74) is 1.39. The molecule has 0 bridgehead atoms. The van der Waals surface area contributed by atoms with Gasteiger partial charge in [0.25, 0.3) is 5.91 Å². The van der Waals surface area contributed by atoms with Gasteiger partial charge in [0.15, 0.2) is 0 Å². The van der Waals surface area contributed by atoms with Crippen molar-refractivity contribution in [2.75, 3.05) is 5.32 Å². The molecule has 3 rings (SSSR count). The molecule has 2 amide bonds. The summed E-state index contributed by atoms with van der Waals surface area (Å²) in [7, 11) is 0. The molecule has 146 valence electrons. The van der Waals surface area contributed by atoms with Gasteiger partial charge < -0.3 is 15.7 Å². The van der Waals surface area contributed by atoms with E-state index in [9.17, 15) is 14.4 Å². The molecule has 1 aromatic carbocycles. The number of hydrogen-bond donors (Lipinski definition) is 3.